The molecule has 0 radical (unpaired) electrons. The number of sulfone groups is 1. The second kappa shape index (κ2) is 16.1. The van der Waals surface area contributed by atoms with Gasteiger partial charge in [-0.15, -0.1) is 5.11 Å². The Morgan fingerprint density at radius 3 is 1.62 bits per heavy atom. The van der Waals surface area contributed by atoms with Crippen molar-refractivity contribution in [3.63, 3.8) is 0 Å². The van der Waals surface area contributed by atoms with Gasteiger partial charge in [-0.1, -0.05) is 11.8 Å². The van der Waals surface area contributed by atoms with Gasteiger partial charge < -0.3 is 26.3 Å². The molecule has 202 valence electrons. The Bertz CT molecular complexity index is 1810. The Hall–Kier alpha value is -0.0400. The fraction of sp³-hybridized carbons (Fsp3) is 0.0556. The zero-order chi connectivity index (χ0) is 28.4. The maximum Gasteiger partial charge on any atom is 1.00 e. The van der Waals surface area contributed by atoms with Crippen LogP contribution < -0.4 is 94.4 Å². The van der Waals surface area contributed by atoms with Crippen molar-refractivity contribution in [3.8, 4) is 0 Å². The SMILES string of the molecule is O=S(=O)([O-])O.[CH2-]CS(=O)(=O)c1ccc(N=Nc2cc(S(=O)(=O)[O-])c3ccc(S(=O)(=O)[O-])cc3c2N)cc1.[Na+].[Na+].[Na+]. The Labute approximate surface area is 296 Å². The summed E-state index contributed by atoms with van der Waals surface area (Å²) in [6, 6.07) is 8.78. The summed E-state index contributed by atoms with van der Waals surface area (Å²) < 4.78 is 126. The third-order valence-corrected chi connectivity index (χ3v) is 7.62. The Morgan fingerprint density at radius 1 is 0.725 bits per heavy atom. The van der Waals surface area contributed by atoms with E-state index < -0.39 is 50.3 Å². The zero-order valence-electron chi connectivity index (χ0n) is 21.1. The number of benzene rings is 3. The van der Waals surface area contributed by atoms with E-state index in [1.165, 1.54) is 24.3 Å². The fourth-order valence-electron chi connectivity index (χ4n) is 2.77. The summed E-state index contributed by atoms with van der Waals surface area (Å²) in [7, 11) is -18.4. The first-order valence-corrected chi connectivity index (χ1v) is 15.1. The topological polar surface area (TPSA) is 277 Å². The third-order valence-electron chi connectivity index (χ3n) is 4.39. The van der Waals surface area contributed by atoms with E-state index in [1.807, 2.05) is 0 Å². The second-order valence-electron chi connectivity index (χ2n) is 6.86. The summed E-state index contributed by atoms with van der Waals surface area (Å²) in [5.74, 6) is -0.338. The first-order chi connectivity index (χ1) is 16.7. The number of hydrogen-bond acceptors (Lipinski definition) is 14. The molecule has 0 atom stereocenters. The number of hydrogen-bond donors (Lipinski definition) is 2. The summed E-state index contributed by atoms with van der Waals surface area (Å²) in [5, 5.41) is 7.28. The molecular weight excluding hydrogens is 647 g/mol. The molecule has 0 amide bonds. The number of rotatable bonds is 6. The molecule has 40 heavy (non-hydrogen) atoms. The molecule has 3 rings (SSSR count). The van der Waals surface area contributed by atoms with Crippen LogP contribution in [0.5, 0.6) is 0 Å². The summed E-state index contributed by atoms with van der Waals surface area (Å²) >= 11 is 0. The number of azo groups is 1. The minimum atomic E-state index is -5.03. The van der Waals surface area contributed by atoms with E-state index in [4.69, 9.17) is 23.3 Å². The van der Waals surface area contributed by atoms with Crippen molar-refractivity contribution in [2.45, 2.75) is 14.7 Å². The average Bonchev–Trinajstić information content (AvgIpc) is 2.76. The van der Waals surface area contributed by atoms with Crippen LogP contribution in [0.3, 0.4) is 0 Å². The van der Waals surface area contributed by atoms with Crippen LogP contribution in [-0.4, -0.2) is 57.6 Å². The van der Waals surface area contributed by atoms with Crippen LogP contribution in [0.1, 0.15) is 0 Å². The van der Waals surface area contributed by atoms with Crippen LogP contribution in [0.2, 0.25) is 0 Å². The maximum atomic E-state index is 11.8. The molecule has 0 saturated heterocycles. The van der Waals surface area contributed by atoms with E-state index in [0.29, 0.717) is 0 Å². The van der Waals surface area contributed by atoms with Crippen LogP contribution in [0.4, 0.5) is 17.1 Å². The normalized spacial score (nSPS) is 11.9. The summed E-state index contributed by atoms with van der Waals surface area (Å²) in [4.78, 5) is -1.40. The molecule has 0 aromatic heterocycles. The molecule has 0 unspecified atom stereocenters. The van der Waals surface area contributed by atoms with Crippen LogP contribution in [0, 0.1) is 6.92 Å². The fourth-order valence-corrected chi connectivity index (χ4v) is 4.76. The van der Waals surface area contributed by atoms with Gasteiger partial charge in [-0.25, -0.2) is 33.7 Å². The van der Waals surface area contributed by atoms with Crippen molar-refractivity contribution in [1.82, 2.24) is 0 Å². The minimum absolute atomic E-state index is 0. The summed E-state index contributed by atoms with van der Waals surface area (Å²) in [6.45, 7) is 3.34. The predicted octanol–water partition coefficient (Wildman–Crippen LogP) is -7.73. The van der Waals surface area contributed by atoms with E-state index in [-0.39, 0.29) is 127 Å². The van der Waals surface area contributed by atoms with Crippen molar-refractivity contribution in [1.29, 1.82) is 0 Å². The maximum absolute atomic E-state index is 11.8. The molecule has 0 aliphatic rings. The predicted molar refractivity (Wildman–Crippen MR) is 125 cm³/mol. The van der Waals surface area contributed by atoms with Crippen LogP contribution in [0.25, 0.3) is 10.8 Å². The Morgan fingerprint density at radius 2 is 1.20 bits per heavy atom. The molecule has 0 bridgehead atoms. The van der Waals surface area contributed by atoms with Crippen molar-refractivity contribution in [3.05, 3.63) is 55.5 Å². The number of fused-ring (bicyclic) bond motifs is 1. The van der Waals surface area contributed by atoms with Gasteiger partial charge in [0.2, 0.25) is 10.4 Å². The molecule has 3 aromatic carbocycles. The van der Waals surface area contributed by atoms with E-state index in [1.54, 1.807) is 0 Å². The summed E-state index contributed by atoms with van der Waals surface area (Å²) in [5.41, 5.74) is 5.65. The van der Waals surface area contributed by atoms with Crippen molar-refractivity contribution < 1.29 is 141 Å². The molecule has 0 saturated carbocycles. The van der Waals surface area contributed by atoms with E-state index in [0.717, 1.165) is 24.3 Å². The largest absolute Gasteiger partial charge is 1.00 e. The van der Waals surface area contributed by atoms with Gasteiger partial charge in [0.1, 0.15) is 25.9 Å². The number of nitrogen functional groups attached to an aromatic ring is 1. The van der Waals surface area contributed by atoms with Crippen LogP contribution >= 0.6 is 0 Å². The molecule has 0 fully saturated rings. The number of anilines is 1. The standard InChI is InChI=1S/C18H16N3O8S3.3Na.H2O4S/c1-2-30(22,23)12-5-3-11(4-6-12)20-21-16-10-17(32(27,28)29)14-8-7-13(31(24,25)26)9-15(14)18(16)19;;;;1-5(2,3)4/h3-10H,1-2,19H2,(H,24,25,26)(H,27,28,29);;;;(H2,1,2,3,4)/q-1;3*+1;/p-3. The van der Waals surface area contributed by atoms with Gasteiger partial charge in [-0.3, -0.25) is 4.55 Å². The first kappa shape index (κ1) is 42.1. The quantitative estimate of drug-likeness (QED) is 0.0620. The van der Waals surface area contributed by atoms with Gasteiger partial charge in [0, 0.05) is 10.8 Å². The smallest absolute Gasteiger partial charge is 0.744 e. The first-order valence-electron chi connectivity index (χ1n) is 9.24. The van der Waals surface area contributed by atoms with Crippen molar-refractivity contribution in [2.24, 2.45) is 10.2 Å². The van der Waals surface area contributed by atoms with Gasteiger partial charge in [0.25, 0.3) is 0 Å². The van der Waals surface area contributed by atoms with E-state index in [9.17, 15) is 34.4 Å². The van der Waals surface area contributed by atoms with E-state index >= 15 is 0 Å². The molecule has 0 heterocycles. The minimum Gasteiger partial charge on any atom is -0.744 e. The molecule has 0 aliphatic heterocycles. The molecule has 0 spiro atoms. The molecule has 3 N–H and O–H groups in total. The summed E-state index contributed by atoms with van der Waals surface area (Å²) in [6.07, 6.45) is 0. The van der Waals surface area contributed by atoms with E-state index in [2.05, 4.69) is 17.2 Å². The second-order valence-corrected chi connectivity index (χ2v) is 12.6. The Kier molecular flexibility index (Phi) is 17.0. The van der Waals surface area contributed by atoms with Crippen molar-refractivity contribution in [2.75, 3.05) is 11.5 Å². The van der Waals surface area contributed by atoms with Gasteiger partial charge in [-0.05, 0) is 42.5 Å². The van der Waals surface area contributed by atoms with Crippen molar-refractivity contribution >= 4 is 68.3 Å². The van der Waals surface area contributed by atoms with Crippen LogP contribution in [-0.2, 0) is 40.5 Å². The third kappa shape index (κ3) is 12.3. The number of nitrogens with two attached hydrogens (primary N) is 1. The monoisotopic (exact) mass is 662 g/mol. The van der Waals surface area contributed by atoms with Gasteiger partial charge in [-0.2, -0.15) is 5.11 Å². The molecule has 15 nitrogen and oxygen atoms in total. The molecule has 22 heteroatoms. The van der Waals surface area contributed by atoms with Gasteiger partial charge in [0.15, 0.2) is 9.84 Å². The molecule has 3 aromatic rings. The van der Waals surface area contributed by atoms with Gasteiger partial charge >= 0.3 is 88.7 Å². The zero-order valence-corrected chi connectivity index (χ0v) is 30.3. The average molecular weight is 663 g/mol. The van der Waals surface area contributed by atoms with Crippen LogP contribution in [0.15, 0.2) is 73.4 Å². The Balaban J connectivity index is 0. The molecule has 0 aliphatic carbocycles. The number of nitrogens with zero attached hydrogens (tertiary/aromatic N) is 2. The molecular formula is C18H15N3Na3O12S4-. The van der Waals surface area contributed by atoms with Gasteiger partial charge in [0.05, 0.1) is 26.1 Å².